The molecule has 3 heteroatoms. The molecular formula is C10H14N2O. The Kier molecular flexibility index (Phi) is 2.19. The van der Waals surface area contributed by atoms with Crippen molar-refractivity contribution in [2.45, 2.75) is 25.8 Å². The van der Waals surface area contributed by atoms with E-state index in [0.29, 0.717) is 6.04 Å². The van der Waals surface area contributed by atoms with E-state index in [4.69, 9.17) is 0 Å². The Labute approximate surface area is 77.2 Å². The summed E-state index contributed by atoms with van der Waals surface area (Å²) in [5, 5.41) is 3.41. The van der Waals surface area contributed by atoms with Crippen molar-refractivity contribution in [3.63, 3.8) is 0 Å². The van der Waals surface area contributed by atoms with Gasteiger partial charge in [0.15, 0.2) is 0 Å². The predicted octanol–water partition coefficient (Wildman–Crippen LogP) is 1.11. The molecule has 0 aliphatic carbocycles. The minimum absolute atomic E-state index is 0.0146. The third-order valence-corrected chi connectivity index (χ3v) is 2.59. The minimum Gasteiger partial charge on any atom is -0.326 e. The molecule has 13 heavy (non-hydrogen) atoms. The van der Waals surface area contributed by atoms with E-state index in [1.54, 1.807) is 6.07 Å². The second-order valence-electron chi connectivity index (χ2n) is 3.55. The van der Waals surface area contributed by atoms with Crippen molar-refractivity contribution in [3.05, 3.63) is 33.7 Å². The third-order valence-electron chi connectivity index (χ3n) is 2.59. The fourth-order valence-corrected chi connectivity index (χ4v) is 1.92. The normalized spacial score (nSPS) is 22.1. The van der Waals surface area contributed by atoms with Crippen LogP contribution in [0.5, 0.6) is 0 Å². The van der Waals surface area contributed by atoms with Crippen LogP contribution in [0.2, 0.25) is 0 Å². The van der Waals surface area contributed by atoms with Gasteiger partial charge in [-0.3, -0.25) is 4.79 Å². The van der Waals surface area contributed by atoms with Gasteiger partial charge in [-0.15, -0.1) is 0 Å². The van der Waals surface area contributed by atoms with Crippen molar-refractivity contribution in [1.82, 2.24) is 10.3 Å². The van der Waals surface area contributed by atoms with E-state index in [9.17, 15) is 4.79 Å². The van der Waals surface area contributed by atoms with Gasteiger partial charge in [0.1, 0.15) is 0 Å². The summed E-state index contributed by atoms with van der Waals surface area (Å²) in [4.78, 5) is 13.8. The molecule has 1 aliphatic rings. The summed E-state index contributed by atoms with van der Waals surface area (Å²) in [5.41, 5.74) is 2.21. The maximum Gasteiger partial charge on any atom is 0.248 e. The van der Waals surface area contributed by atoms with E-state index >= 15 is 0 Å². The topological polar surface area (TPSA) is 44.9 Å². The summed E-state index contributed by atoms with van der Waals surface area (Å²) in [6.45, 7) is 3.04. The molecule has 1 fully saturated rings. The number of nitrogens with one attached hydrogen (secondary N) is 2. The molecule has 2 heterocycles. The van der Waals surface area contributed by atoms with Crippen molar-refractivity contribution < 1.29 is 0 Å². The van der Waals surface area contributed by atoms with Gasteiger partial charge in [0.25, 0.3) is 0 Å². The number of pyridine rings is 1. The monoisotopic (exact) mass is 178 g/mol. The lowest BCUT2D eigenvalue weighted by Gasteiger charge is -2.12. The maximum absolute atomic E-state index is 11.0. The van der Waals surface area contributed by atoms with Crippen LogP contribution in [0.4, 0.5) is 0 Å². The van der Waals surface area contributed by atoms with Gasteiger partial charge in [0, 0.05) is 17.8 Å². The minimum atomic E-state index is -0.0146. The molecule has 0 amide bonds. The molecule has 2 rings (SSSR count). The Bertz CT molecular complexity index is 350. The van der Waals surface area contributed by atoms with Gasteiger partial charge < -0.3 is 10.3 Å². The first-order valence-electron chi connectivity index (χ1n) is 4.70. The fourth-order valence-electron chi connectivity index (χ4n) is 1.92. The van der Waals surface area contributed by atoms with Gasteiger partial charge in [-0.2, -0.15) is 0 Å². The van der Waals surface area contributed by atoms with Crippen LogP contribution >= 0.6 is 0 Å². The molecule has 3 nitrogen and oxygen atoms in total. The Hall–Kier alpha value is -1.09. The average molecular weight is 178 g/mol. The van der Waals surface area contributed by atoms with E-state index in [-0.39, 0.29) is 5.56 Å². The molecule has 1 aromatic heterocycles. The van der Waals surface area contributed by atoms with Crippen LogP contribution in [-0.4, -0.2) is 11.5 Å². The zero-order valence-corrected chi connectivity index (χ0v) is 7.76. The van der Waals surface area contributed by atoms with Gasteiger partial charge in [0.05, 0.1) is 0 Å². The first-order chi connectivity index (χ1) is 6.27. The van der Waals surface area contributed by atoms with Crippen molar-refractivity contribution in [1.29, 1.82) is 0 Å². The zero-order valence-electron chi connectivity index (χ0n) is 7.76. The zero-order chi connectivity index (χ0) is 9.26. The first kappa shape index (κ1) is 8.51. The van der Waals surface area contributed by atoms with Crippen molar-refractivity contribution in [2.75, 3.05) is 6.54 Å². The summed E-state index contributed by atoms with van der Waals surface area (Å²) in [5.74, 6) is 0. The molecule has 0 bridgehead atoms. The second kappa shape index (κ2) is 3.34. The highest BCUT2D eigenvalue weighted by Gasteiger charge is 2.17. The molecule has 0 saturated carbocycles. The Morgan fingerprint density at radius 3 is 2.92 bits per heavy atom. The fraction of sp³-hybridized carbons (Fsp3) is 0.500. The third kappa shape index (κ3) is 1.65. The quantitative estimate of drug-likeness (QED) is 0.676. The number of aryl methyl sites for hydroxylation is 1. The van der Waals surface area contributed by atoms with Crippen LogP contribution in [0.25, 0.3) is 0 Å². The van der Waals surface area contributed by atoms with Crippen molar-refractivity contribution in [2.24, 2.45) is 0 Å². The lowest BCUT2D eigenvalue weighted by molar-refractivity contribution is 0.639. The largest absolute Gasteiger partial charge is 0.326 e. The molecule has 2 N–H and O–H groups in total. The lowest BCUT2D eigenvalue weighted by atomic mass is 10.0. The van der Waals surface area contributed by atoms with Crippen LogP contribution in [0.1, 0.15) is 30.1 Å². The molecule has 1 aliphatic heterocycles. The molecule has 0 spiro atoms. The molecule has 0 aromatic carbocycles. The summed E-state index contributed by atoms with van der Waals surface area (Å²) >= 11 is 0. The number of H-pyrrole nitrogens is 1. The number of aromatic nitrogens is 1. The summed E-state index contributed by atoms with van der Waals surface area (Å²) in [6.07, 6.45) is 2.40. The molecule has 70 valence electrons. The van der Waals surface area contributed by atoms with Crippen molar-refractivity contribution in [3.8, 4) is 0 Å². The first-order valence-corrected chi connectivity index (χ1v) is 4.70. The molecule has 1 saturated heterocycles. The molecule has 1 aromatic rings. The average Bonchev–Trinajstić information content (AvgIpc) is 2.56. The van der Waals surface area contributed by atoms with E-state index in [0.717, 1.165) is 12.2 Å². The Balaban J connectivity index is 2.34. The molecule has 0 radical (unpaired) electrons. The van der Waals surface area contributed by atoms with Crippen LogP contribution in [0.15, 0.2) is 16.9 Å². The van der Waals surface area contributed by atoms with Gasteiger partial charge >= 0.3 is 0 Å². The Morgan fingerprint density at radius 2 is 2.31 bits per heavy atom. The summed E-state index contributed by atoms with van der Waals surface area (Å²) < 4.78 is 0. The number of rotatable bonds is 1. The van der Waals surface area contributed by atoms with Gasteiger partial charge in [-0.05, 0) is 31.9 Å². The van der Waals surface area contributed by atoms with Gasteiger partial charge in [-0.25, -0.2) is 0 Å². The number of hydrogen-bond donors (Lipinski definition) is 2. The highest BCUT2D eigenvalue weighted by molar-refractivity contribution is 5.23. The van der Waals surface area contributed by atoms with Gasteiger partial charge in [-0.1, -0.05) is 6.07 Å². The predicted molar refractivity (Wildman–Crippen MR) is 51.8 cm³/mol. The van der Waals surface area contributed by atoms with Crippen LogP contribution in [-0.2, 0) is 0 Å². The Morgan fingerprint density at radius 1 is 1.46 bits per heavy atom. The van der Waals surface area contributed by atoms with E-state index in [1.807, 2.05) is 13.0 Å². The molecule has 1 atom stereocenters. The summed E-state index contributed by atoms with van der Waals surface area (Å²) in [7, 11) is 0. The van der Waals surface area contributed by atoms with Crippen molar-refractivity contribution >= 4 is 0 Å². The number of hydrogen-bond acceptors (Lipinski definition) is 2. The smallest absolute Gasteiger partial charge is 0.248 e. The standard InChI is InChI=1S/C10H14N2O/c1-7-8(4-5-10(13)12-7)9-3-2-6-11-9/h4-5,9,11H,2-3,6H2,1H3,(H,12,13)/t9-/m1/s1. The highest BCUT2D eigenvalue weighted by atomic mass is 16.1. The summed E-state index contributed by atoms with van der Waals surface area (Å²) in [6, 6.07) is 3.97. The lowest BCUT2D eigenvalue weighted by Crippen LogP contribution is -2.17. The van der Waals surface area contributed by atoms with Crippen LogP contribution < -0.4 is 10.9 Å². The second-order valence-corrected chi connectivity index (χ2v) is 3.55. The molecule has 0 unspecified atom stereocenters. The van der Waals surface area contributed by atoms with Crippen LogP contribution in [0.3, 0.4) is 0 Å². The van der Waals surface area contributed by atoms with Crippen LogP contribution in [0, 0.1) is 6.92 Å². The van der Waals surface area contributed by atoms with E-state index < -0.39 is 0 Å². The van der Waals surface area contributed by atoms with E-state index in [2.05, 4.69) is 10.3 Å². The molecular weight excluding hydrogens is 164 g/mol. The maximum atomic E-state index is 11.0. The van der Waals surface area contributed by atoms with E-state index in [1.165, 1.54) is 18.4 Å². The van der Waals surface area contributed by atoms with Gasteiger partial charge in [0.2, 0.25) is 5.56 Å². The number of aromatic amines is 1. The SMILES string of the molecule is Cc1[nH]c(=O)ccc1[C@H]1CCCN1. The highest BCUT2D eigenvalue weighted by Crippen LogP contribution is 2.23.